The number of fused-ring (bicyclic) bond motifs is 1. The van der Waals surface area contributed by atoms with Gasteiger partial charge < -0.3 is 9.88 Å². The third-order valence-electron chi connectivity index (χ3n) is 2.92. The molecule has 1 N–H and O–H groups in total. The lowest BCUT2D eigenvalue weighted by molar-refractivity contribution is -0.116. The molecular weight excluding hydrogens is 294 g/mol. The molecule has 0 spiro atoms. The maximum atomic E-state index is 12.0. The number of aryl methyl sites for hydroxylation is 1. The van der Waals surface area contributed by atoms with Gasteiger partial charge in [0.2, 0.25) is 5.91 Å². The maximum Gasteiger partial charge on any atom is 0.246 e. The molecule has 0 saturated heterocycles. The summed E-state index contributed by atoms with van der Waals surface area (Å²) in [5.41, 5.74) is 0.947. The number of anilines is 1. The second kappa shape index (κ2) is 5.26. The summed E-state index contributed by atoms with van der Waals surface area (Å²) in [5.74, 6) is -0.100. The average Bonchev–Trinajstić information content (AvgIpc) is 2.97. The van der Waals surface area contributed by atoms with Crippen LogP contribution in [0.2, 0.25) is 5.02 Å². The fourth-order valence-electron chi connectivity index (χ4n) is 2.02. The van der Waals surface area contributed by atoms with Crippen LogP contribution in [0.5, 0.6) is 0 Å². The summed E-state index contributed by atoms with van der Waals surface area (Å²) in [4.78, 5) is 17.2. The fraction of sp³-hybridized carbons (Fsp3) is 0.143. The molecule has 3 rings (SSSR count). The van der Waals surface area contributed by atoms with E-state index in [-0.39, 0.29) is 12.5 Å². The fourth-order valence-corrected chi connectivity index (χ4v) is 2.87. The molecule has 4 nitrogen and oxygen atoms in total. The van der Waals surface area contributed by atoms with E-state index in [2.05, 4.69) is 10.3 Å². The van der Waals surface area contributed by atoms with Crippen molar-refractivity contribution in [3.8, 4) is 0 Å². The minimum Gasteiger partial charge on any atom is -0.338 e. The van der Waals surface area contributed by atoms with Crippen molar-refractivity contribution in [2.45, 2.75) is 13.5 Å². The molecule has 0 radical (unpaired) electrons. The van der Waals surface area contributed by atoms with Gasteiger partial charge in [0.25, 0.3) is 0 Å². The second-order valence-corrected chi connectivity index (χ2v) is 6.14. The molecule has 0 aliphatic heterocycles. The van der Waals surface area contributed by atoms with Crippen LogP contribution in [0.15, 0.2) is 36.7 Å². The standard InChI is InChI=1S/C14H12ClN3OS/c1-9-7-16-14(20-9)17-13(19)8-18-5-4-10-2-3-11(15)6-12(10)18/h2-7H,8H2,1H3,(H,16,17,19). The molecule has 6 heteroatoms. The molecule has 0 unspecified atom stereocenters. The first kappa shape index (κ1) is 13.1. The average molecular weight is 306 g/mol. The van der Waals surface area contributed by atoms with Crippen molar-refractivity contribution in [3.63, 3.8) is 0 Å². The quantitative estimate of drug-likeness (QED) is 0.802. The molecule has 0 aliphatic carbocycles. The number of hydrogen-bond acceptors (Lipinski definition) is 3. The summed E-state index contributed by atoms with van der Waals surface area (Å²) in [7, 11) is 0. The van der Waals surface area contributed by atoms with Crippen LogP contribution in [-0.4, -0.2) is 15.5 Å². The van der Waals surface area contributed by atoms with Gasteiger partial charge in [-0.1, -0.05) is 17.7 Å². The third-order valence-corrected chi connectivity index (χ3v) is 3.98. The predicted molar refractivity (Wildman–Crippen MR) is 82.4 cm³/mol. The first-order valence-electron chi connectivity index (χ1n) is 6.08. The van der Waals surface area contributed by atoms with Crippen molar-refractivity contribution >= 4 is 44.9 Å². The van der Waals surface area contributed by atoms with Crippen molar-refractivity contribution in [3.05, 3.63) is 46.6 Å². The van der Waals surface area contributed by atoms with E-state index in [0.717, 1.165) is 15.8 Å². The lowest BCUT2D eigenvalue weighted by atomic mass is 10.2. The van der Waals surface area contributed by atoms with E-state index in [1.807, 2.05) is 42.0 Å². The normalized spacial score (nSPS) is 10.9. The highest BCUT2D eigenvalue weighted by molar-refractivity contribution is 7.15. The minimum absolute atomic E-state index is 0.100. The highest BCUT2D eigenvalue weighted by Crippen LogP contribution is 2.21. The topological polar surface area (TPSA) is 46.9 Å². The van der Waals surface area contributed by atoms with Crippen LogP contribution in [0, 0.1) is 6.92 Å². The van der Waals surface area contributed by atoms with Gasteiger partial charge in [0, 0.05) is 27.8 Å². The zero-order valence-corrected chi connectivity index (χ0v) is 12.3. The lowest BCUT2D eigenvalue weighted by Gasteiger charge is -2.05. The Morgan fingerprint density at radius 2 is 2.30 bits per heavy atom. The summed E-state index contributed by atoms with van der Waals surface area (Å²) in [6.07, 6.45) is 3.62. The Hall–Kier alpha value is -1.85. The predicted octanol–water partition coefficient (Wildman–Crippen LogP) is 3.70. The van der Waals surface area contributed by atoms with E-state index in [9.17, 15) is 4.79 Å². The Kier molecular flexibility index (Phi) is 3.46. The Morgan fingerprint density at radius 1 is 1.45 bits per heavy atom. The number of hydrogen-bond donors (Lipinski definition) is 1. The van der Waals surface area contributed by atoms with Crippen LogP contribution in [0.1, 0.15) is 4.88 Å². The number of carbonyl (C=O) groups is 1. The highest BCUT2D eigenvalue weighted by Gasteiger charge is 2.08. The zero-order valence-electron chi connectivity index (χ0n) is 10.8. The second-order valence-electron chi connectivity index (χ2n) is 4.47. The van der Waals surface area contributed by atoms with Crippen LogP contribution in [0.25, 0.3) is 10.9 Å². The van der Waals surface area contributed by atoms with Gasteiger partial charge in [0.1, 0.15) is 6.54 Å². The molecule has 2 aromatic heterocycles. The van der Waals surface area contributed by atoms with E-state index < -0.39 is 0 Å². The molecule has 0 saturated carbocycles. The molecule has 2 heterocycles. The largest absolute Gasteiger partial charge is 0.338 e. The first-order chi connectivity index (χ1) is 9.61. The van der Waals surface area contributed by atoms with E-state index >= 15 is 0 Å². The summed E-state index contributed by atoms with van der Waals surface area (Å²) in [6.45, 7) is 2.19. The van der Waals surface area contributed by atoms with Crippen molar-refractivity contribution in [1.82, 2.24) is 9.55 Å². The third kappa shape index (κ3) is 2.69. The van der Waals surface area contributed by atoms with Crippen LogP contribution < -0.4 is 5.32 Å². The minimum atomic E-state index is -0.100. The Morgan fingerprint density at radius 3 is 3.05 bits per heavy atom. The molecular formula is C14H12ClN3OS. The number of nitrogens with zero attached hydrogens (tertiary/aromatic N) is 2. The van der Waals surface area contributed by atoms with Crippen LogP contribution in [0.3, 0.4) is 0 Å². The number of nitrogens with one attached hydrogen (secondary N) is 1. The first-order valence-corrected chi connectivity index (χ1v) is 7.28. The summed E-state index contributed by atoms with van der Waals surface area (Å²) in [5, 5.41) is 5.14. The van der Waals surface area contributed by atoms with Crippen LogP contribution in [-0.2, 0) is 11.3 Å². The molecule has 1 amide bonds. The van der Waals surface area contributed by atoms with Gasteiger partial charge in [-0.25, -0.2) is 4.98 Å². The number of carbonyl (C=O) groups excluding carboxylic acids is 1. The maximum absolute atomic E-state index is 12.0. The van der Waals surface area contributed by atoms with Crippen molar-refractivity contribution in [1.29, 1.82) is 0 Å². The Balaban J connectivity index is 1.79. The van der Waals surface area contributed by atoms with Gasteiger partial charge in [0.15, 0.2) is 5.13 Å². The summed E-state index contributed by atoms with van der Waals surface area (Å²) < 4.78 is 1.87. The number of aromatic nitrogens is 2. The lowest BCUT2D eigenvalue weighted by Crippen LogP contribution is -2.18. The van der Waals surface area contributed by atoms with Crippen molar-refractivity contribution < 1.29 is 4.79 Å². The van der Waals surface area contributed by atoms with Crippen LogP contribution >= 0.6 is 22.9 Å². The highest BCUT2D eigenvalue weighted by atomic mass is 35.5. The molecule has 102 valence electrons. The number of benzene rings is 1. The number of thiazole rings is 1. The molecule has 3 aromatic rings. The van der Waals surface area contributed by atoms with E-state index in [4.69, 9.17) is 11.6 Å². The van der Waals surface area contributed by atoms with Gasteiger partial charge in [-0.3, -0.25) is 4.79 Å². The SMILES string of the molecule is Cc1cnc(NC(=O)Cn2ccc3ccc(Cl)cc32)s1. The molecule has 0 atom stereocenters. The van der Waals surface area contributed by atoms with E-state index in [1.165, 1.54) is 11.3 Å². The van der Waals surface area contributed by atoms with E-state index in [0.29, 0.717) is 10.2 Å². The Bertz CT molecular complexity index is 778. The Labute approximate surface area is 125 Å². The van der Waals surface area contributed by atoms with Gasteiger partial charge in [-0.05, 0) is 30.5 Å². The van der Waals surface area contributed by atoms with Gasteiger partial charge in [-0.2, -0.15) is 0 Å². The molecule has 0 fully saturated rings. The smallest absolute Gasteiger partial charge is 0.246 e. The van der Waals surface area contributed by atoms with Crippen molar-refractivity contribution in [2.24, 2.45) is 0 Å². The monoisotopic (exact) mass is 305 g/mol. The summed E-state index contributed by atoms with van der Waals surface area (Å²) >= 11 is 7.46. The summed E-state index contributed by atoms with van der Waals surface area (Å²) in [6, 6.07) is 7.60. The molecule has 1 aromatic carbocycles. The number of rotatable bonds is 3. The van der Waals surface area contributed by atoms with Gasteiger partial charge in [-0.15, -0.1) is 11.3 Å². The number of halogens is 1. The van der Waals surface area contributed by atoms with Crippen LogP contribution in [0.4, 0.5) is 5.13 Å². The van der Waals surface area contributed by atoms with Crippen molar-refractivity contribution in [2.75, 3.05) is 5.32 Å². The molecule has 20 heavy (non-hydrogen) atoms. The van der Waals surface area contributed by atoms with Gasteiger partial charge >= 0.3 is 0 Å². The van der Waals surface area contributed by atoms with E-state index in [1.54, 1.807) is 6.20 Å². The molecule has 0 bridgehead atoms. The zero-order chi connectivity index (χ0) is 14.1. The number of amides is 1. The van der Waals surface area contributed by atoms with Gasteiger partial charge in [0.05, 0.1) is 0 Å². The molecule has 0 aliphatic rings.